The molecular weight excluding hydrogens is 293 g/mol. The van der Waals surface area contributed by atoms with E-state index in [0.29, 0.717) is 13.1 Å². The predicted octanol–water partition coefficient (Wildman–Crippen LogP) is 3.04. The Kier molecular flexibility index (Phi) is 6.42. The average Bonchev–Trinajstić information content (AvgIpc) is 2.42. The lowest BCUT2D eigenvalue weighted by Gasteiger charge is -2.20. The van der Waals surface area contributed by atoms with Crippen molar-refractivity contribution in [2.75, 3.05) is 18.8 Å². The van der Waals surface area contributed by atoms with E-state index in [9.17, 15) is 14.0 Å². The lowest BCUT2D eigenvalue weighted by atomic mass is 10.2. The van der Waals surface area contributed by atoms with Gasteiger partial charge in [0.25, 0.3) is 0 Å². The summed E-state index contributed by atoms with van der Waals surface area (Å²) < 4.78 is 13.6. The van der Waals surface area contributed by atoms with E-state index >= 15 is 0 Å². The van der Waals surface area contributed by atoms with Crippen LogP contribution in [0, 0.1) is 5.82 Å². The predicted molar refractivity (Wildman–Crippen MR) is 81.2 cm³/mol. The molecule has 0 atom stereocenters. The van der Waals surface area contributed by atoms with Gasteiger partial charge in [-0.1, -0.05) is 12.2 Å². The van der Waals surface area contributed by atoms with Crippen LogP contribution < -0.4 is 0 Å². The van der Waals surface area contributed by atoms with E-state index < -0.39 is 11.8 Å². The van der Waals surface area contributed by atoms with E-state index in [0.717, 1.165) is 23.4 Å². The van der Waals surface area contributed by atoms with Crippen LogP contribution in [0.3, 0.4) is 0 Å². The summed E-state index contributed by atoms with van der Waals surface area (Å²) in [6.07, 6.45) is 0. The van der Waals surface area contributed by atoms with Gasteiger partial charge >= 0.3 is 5.97 Å². The molecule has 1 amide bonds. The van der Waals surface area contributed by atoms with Crippen molar-refractivity contribution in [2.24, 2.45) is 0 Å². The molecule has 1 N–H and O–H groups in total. The number of nitrogens with zero attached hydrogens (tertiary/aromatic N) is 1. The number of amides is 1. The second-order valence-corrected chi connectivity index (χ2v) is 5.62. The number of hydrogen-bond acceptors (Lipinski definition) is 3. The van der Waals surface area contributed by atoms with Gasteiger partial charge in [0.1, 0.15) is 5.82 Å². The van der Waals surface area contributed by atoms with E-state index in [1.54, 1.807) is 4.90 Å². The van der Waals surface area contributed by atoms with Crippen LogP contribution in [-0.4, -0.2) is 40.7 Å². The first kappa shape index (κ1) is 17.2. The Hall–Kier alpha value is -1.82. The average molecular weight is 311 g/mol. The highest BCUT2D eigenvalue weighted by molar-refractivity contribution is 8.00. The highest BCUT2D eigenvalue weighted by Gasteiger charge is 2.14. The van der Waals surface area contributed by atoms with Crippen molar-refractivity contribution in [3.05, 3.63) is 41.7 Å². The van der Waals surface area contributed by atoms with Crippen LogP contribution in [0.15, 0.2) is 35.2 Å². The molecule has 0 unspecified atom stereocenters. The maximum absolute atomic E-state index is 13.6. The second-order valence-electron chi connectivity index (χ2n) is 4.60. The first-order chi connectivity index (χ1) is 9.85. The molecule has 1 rings (SSSR count). The molecule has 0 radical (unpaired) electrons. The normalized spacial score (nSPS) is 10.2. The third-order valence-corrected chi connectivity index (χ3v) is 3.74. The number of thioether (sulfide) groups is 1. The van der Waals surface area contributed by atoms with Crippen molar-refractivity contribution in [3.8, 4) is 0 Å². The Balaban J connectivity index is 2.74. The van der Waals surface area contributed by atoms with Gasteiger partial charge in [0.15, 0.2) is 0 Å². The number of carboxylic acid groups (broad SMARTS) is 1. The molecule has 21 heavy (non-hydrogen) atoms. The van der Waals surface area contributed by atoms with Gasteiger partial charge in [0.05, 0.1) is 11.3 Å². The van der Waals surface area contributed by atoms with Gasteiger partial charge in [0.2, 0.25) is 5.91 Å². The van der Waals surface area contributed by atoms with Gasteiger partial charge in [-0.2, -0.15) is 0 Å². The monoisotopic (exact) mass is 311 g/mol. The summed E-state index contributed by atoms with van der Waals surface area (Å²) in [6.45, 7) is 8.46. The van der Waals surface area contributed by atoms with Crippen LogP contribution in [-0.2, 0) is 4.79 Å². The smallest absolute Gasteiger partial charge is 0.335 e. The molecule has 0 aromatic heterocycles. The van der Waals surface area contributed by atoms with E-state index in [1.165, 1.54) is 12.1 Å². The number of aromatic carboxylic acids is 1. The molecule has 0 saturated carbocycles. The van der Waals surface area contributed by atoms with Crippen molar-refractivity contribution in [1.29, 1.82) is 0 Å². The summed E-state index contributed by atoms with van der Waals surface area (Å²) in [6, 6.07) is 3.54. The summed E-state index contributed by atoms with van der Waals surface area (Å²) in [7, 11) is 0. The minimum absolute atomic E-state index is 0.000586. The first-order valence-corrected chi connectivity index (χ1v) is 7.41. The largest absolute Gasteiger partial charge is 0.478 e. The molecule has 0 saturated heterocycles. The van der Waals surface area contributed by atoms with Crippen molar-refractivity contribution in [1.82, 2.24) is 4.90 Å². The highest BCUT2D eigenvalue weighted by Crippen LogP contribution is 2.23. The summed E-state index contributed by atoms with van der Waals surface area (Å²) >= 11 is 0.998. The van der Waals surface area contributed by atoms with Crippen molar-refractivity contribution >= 4 is 23.6 Å². The third-order valence-electron chi connectivity index (χ3n) is 2.72. The maximum atomic E-state index is 13.6. The molecule has 114 valence electrons. The summed E-state index contributed by atoms with van der Waals surface area (Å²) in [5.41, 5.74) is 0.870. The standard InChI is InChI=1S/C15H18FNO3S/c1-4-17(8-10(2)3)14(18)9-21-13-7-11(15(19)20)5-6-12(13)16/h5-7H,2,4,8-9H2,1,3H3,(H,19,20). The molecule has 1 aromatic carbocycles. The van der Waals surface area contributed by atoms with Gasteiger partial charge in [-0.25, -0.2) is 9.18 Å². The number of hydrogen-bond donors (Lipinski definition) is 1. The zero-order chi connectivity index (χ0) is 16.0. The van der Waals surface area contributed by atoms with Crippen LogP contribution in [0.5, 0.6) is 0 Å². The second kappa shape index (κ2) is 7.83. The quantitative estimate of drug-likeness (QED) is 0.621. The van der Waals surface area contributed by atoms with Crippen LogP contribution in [0.25, 0.3) is 0 Å². The molecule has 0 aliphatic carbocycles. The number of carbonyl (C=O) groups excluding carboxylic acids is 1. The Morgan fingerprint density at radius 3 is 2.62 bits per heavy atom. The van der Waals surface area contributed by atoms with E-state index in [-0.39, 0.29) is 22.1 Å². The van der Waals surface area contributed by atoms with Crippen molar-refractivity contribution in [3.63, 3.8) is 0 Å². The molecule has 0 spiro atoms. The number of benzene rings is 1. The van der Waals surface area contributed by atoms with Gasteiger partial charge in [0, 0.05) is 18.0 Å². The fourth-order valence-corrected chi connectivity index (χ4v) is 2.56. The highest BCUT2D eigenvalue weighted by atomic mass is 32.2. The molecular formula is C15H18FNO3S. The topological polar surface area (TPSA) is 57.6 Å². The molecule has 6 heteroatoms. The molecule has 0 aliphatic rings. The molecule has 0 fully saturated rings. The number of likely N-dealkylation sites (N-methyl/N-ethyl adjacent to an activating group) is 1. The van der Waals surface area contributed by atoms with E-state index in [2.05, 4.69) is 6.58 Å². The first-order valence-electron chi connectivity index (χ1n) is 6.43. The van der Waals surface area contributed by atoms with Gasteiger partial charge < -0.3 is 10.0 Å². The Labute approximate surface area is 127 Å². The fourth-order valence-electron chi connectivity index (χ4n) is 1.68. The third kappa shape index (κ3) is 5.23. The minimum Gasteiger partial charge on any atom is -0.478 e. The van der Waals surface area contributed by atoms with Crippen LogP contribution in [0.4, 0.5) is 4.39 Å². The van der Waals surface area contributed by atoms with Crippen LogP contribution in [0.2, 0.25) is 0 Å². The van der Waals surface area contributed by atoms with Crippen LogP contribution >= 0.6 is 11.8 Å². The molecule has 4 nitrogen and oxygen atoms in total. The zero-order valence-corrected chi connectivity index (χ0v) is 12.9. The van der Waals surface area contributed by atoms with Crippen molar-refractivity contribution in [2.45, 2.75) is 18.7 Å². The number of carbonyl (C=O) groups is 2. The molecule has 0 heterocycles. The summed E-state index contributed by atoms with van der Waals surface area (Å²) in [5.74, 6) is -1.73. The summed E-state index contributed by atoms with van der Waals surface area (Å²) in [4.78, 5) is 24.7. The number of rotatable bonds is 7. The fraction of sp³-hybridized carbons (Fsp3) is 0.333. The van der Waals surface area contributed by atoms with E-state index in [1.807, 2.05) is 13.8 Å². The van der Waals surface area contributed by atoms with Crippen molar-refractivity contribution < 1.29 is 19.1 Å². The lowest BCUT2D eigenvalue weighted by Crippen LogP contribution is -2.33. The lowest BCUT2D eigenvalue weighted by molar-refractivity contribution is -0.127. The summed E-state index contributed by atoms with van der Waals surface area (Å²) in [5, 5.41) is 8.89. The Morgan fingerprint density at radius 1 is 1.43 bits per heavy atom. The van der Waals surface area contributed by atoms with Gasteiger partial charge in [-0.3, -0.25) is 4.79 Å². The Morgan fingerprint density at radius 2 is 2.10 bits per heavy atom. The molecule has 0 bridgehead atoms. The van der Waals surface area contributed by atoms with Gasteiger partial charge in [-0.05, 0) is 32.0 Å². The van der Waals surface area contributed by atoms with E-state index in [4.69, 9.17) is 5.11 Å². The zero-order valence-electron chi connectivity index (χ0n) is 12.1. The number of halogens is 1. The number of carboxylic acids is 1. The minimum atomic E-state index is -1.12. The van der Waals surface area contributed by atoms with Gasteiger partial charge in [-0.15, -0.1) is 11.8 Å². The Bertz CT molecular complexity index is 560. The maximum Gasteiger partial charge on any atom is 0.335 e. The molecule has 0 aliphatic heterocycles. The SMILES string of the molecule is C=C(C)CN(CC)C(=O)CSc1cc(C(=O)O)ccc1F. The molecule has 1 aromatic rings. The van der Waals surface area contributed by atoms with Crippen LogP contribution in [0.1, 0.15) is 24.2 Å².